The Hall–Kier alpha value is -1.50. The molecule has 2 heterocycles. The first-order chi connectivity index (χ1) is 11.2. The fourth-order valence-electron chi connectivity index (χ4n) is 3.32. The zero-order valence-electron chi connectivity index (χ0n) is 13.3. The summed E-state index contributed by atoms with van der Waals surface area (Å²) in [6.45, 7) is 2.89. The zero-order chi connectivity index (χ0) is 15.8. The van der Waals surface area contributed by atoms with Crippen LogP contribution in [0.15, 0.2) is 30.5 Å². The van der Waals surface area contributed by atoms with Gasteiger partial charge in [-0.1, -0.05) is 0 Å². The Labute approximate surface area is 146 Å². The van der Waals surface area contributed by atoms with Gasteiger partial charge >= 0.3 is 0 Å². The fraction of sp³-hybridized carbons (Fsp3) is 0.471. The quantitative estimate of drug-likeness (QED) is 0.896. The predicted molar refractivity (Wildman–Crippen MR) is 90.6 cm³/mol. The minimum absolute atomic E-state index is 0. The Balaban J connectivity index is 0.00000169. The normalized spacial score (nSPS) is 20.4. The van der Waals surface area contributed by atoms with Crippen molar-refractivity contribution in [2.24, 2.45) is 0 Å². The van der Waals surface area contributed by atoms with Crippen LogP contribution in [0.5, 0.6) is 0 Å². The molecule has 0 amide bonds. The van der Waals surface area contributed by atoms with Crippen LogP contribution in [0.2, 0.25) is 0 Å². The van der Waals surface area contributed by atoms with E-state index in [1.54, 1.807) is 6.20 Å². The van der Waals surface area contributed by atoms with Crippen molar-refractivity contribution in [2.75, 3.05) is 13.1 Å². The highest BCUT2D eigenvalue weighted by atomic mass is 35.5. The second kappa shape index (κ2) is 7.17. The van der Waals surface area contributed by atoms with Gasteiger partial charge in [0.25, 0.3) is 0 Å². The van der Waals surface area contributed by atoms with Gasteiger partial charge in [-0.05, 0) is 44.0 Å². The SMILES string of the molecule is Cl.Fc1ccc(-n2ccc(CN(C3CC3)C3CCNC3)n2)c(F)c1. The highest BCUT2D eigenvalue weighted by molar-refractivity contribution is 5.85. The summed E-state index contributed by atoms with van der Waals surface area (Å²) in [7, 11) is 0. The summed E-state index contributed by atoms with van der Waals surface area (Å²) in [6.07, 6.45) is 5.42. The lowest BCUT2D eigenvalue weighted by Crippen LogP contribution is -2.38. The summed E-state index contributed by atoms with van der Waals surface area (Å²) in [4.78, 5) is 2.52. The number of hydrogen-bond donors (Lipinski definition) is 1. The van der Waals surface area contributed by atoms with Crippen LogP contribution in [0, 0.1) is 11.6 Å². The van der Waals surface area contributed by atoms with Crippen LogP contribution >= 0.6 is 12.4 Å². The van der Waals surface area contributed by atoms with E-state index in [1.165, 1.54) is 36.1 Å². The number of benzene rings is 1. The minimum atomic E-state index is -0.598. The van der Waals surface area contributed by atoms with E-state index in [1.807, 2.05) is 6.07 Å². The Morgan fingerprint density at radius 2 is 2.00 bits per heavy atom. The van der Waals surface area contributed by atoms with E-state index in [0.717, 1.165) is 31.4 Å². The van der Waals surface area contributed by atoms with Crippen LogP contribution in [0.4, 0.5) is 8.78 Å². The molecule has 0 bridgehead atoms. The van der Waals surface area contributed by atoms with Gasteiger partial charge in [-0.2, -0.15) is 5.10 Å². The van der Waals surface area contributed by atoms with Crippen LogP contribution in [-0.4, -0.2) is 39.9 Å². The molecule has 4 rings (SSSR count). The lowest BCUT2D eigenvalue weighted by molar-refractivity contribution is 0.186. The number of rotatable bonds is 5. The van der Waals surface area contributed by atoms with Crippen molar-refractivity contribution in [3.05, 3.63) is 47.8 Å². The molecule has 1 atom stereocenters. The van der Waals surface area contributed by atoms with Crippen LogP contribution in [-0.2, 0) is 6.54 Å². The highest BCUT2D eigenvalue weighted by Crippen LogP contribution is 2.31. The van der Waals surface area contributed by atoms with Gasteiger partial charge in [-0.3, -0.25) is 4.90 Å². The molecule has 130 valence electrons. The fourth-order valence-corrected chi connectivity index (χ4v) is 3.32. The first-order valence-electron chi connectivity index (χ1n) is 8.17. The molecule has 0 radical (unpaired) electrons. The van der Waals surface area contributed by atoms with Crippen molar-refractivity contribution >= 4 is 12.4 Å². The second-order valence-electron chi connectivity index (χ2n) is 6.40. The van der Waals surface area contributed by atoms with E-state index in [0.29, 0.717) is 12.1 Å². The summed E-state index contributed by atoms with van der Waals surface area (Å²) >= 11 is 0. The summed E-state index contributed by atoms with van der Waals surface area (Å²) in [5.41, 5.74) is 1.20. The van der Waals surface area contributed by atoms with E-state index in [2.05, 4.69) is 15.3 Å². The van der Waals surface area contributed by atoms with E-state index in [9.17, 15) is 8.78 Å². The number of hydrogen-bond acceptors (Lipinski definition) is 3. The third kappa shape index (κ3) is 3.61. The lowest BCUT2D eigenvalue weighted by atomic mass is 10.2. The Kier molecular flexibility index (Phi) is 5.18. The second-order valence-corrected chi connectivity index (χ2v) is 6.40. The van der Waals surface area contributed by atoms with Crippen molar-refractivity contribution in [1.29, 1.82) is 0 Å². The van der Waals surface area contributed by atoms with Crippen LogP contribution < -0.4 is 5.32 Å². The first-order valence-corrected chi connectivity index (χ1v) is 8.17. The van der Waals surface area contributed by atoms with Gasteiger partial charge in [0, 0.05) is 37.4 Å². The number of nitrogens with zero attached hydrogens (tertiary/aromatic N) is 3. The molecule has 2 aromatic rings. The molecule has 4 nitrogen and oxygen atoms in total. The third-order valence-electron chi connectivity index (χ3n) is 4.66. The smallest absolute Gasteiger partial charge is 0.151 e. The first kappa shape index (κ1) is 17.3. The molecule has 1 N–H and O–H groups in total. The largest absolute Gasteiger partial charge is 0.315 e. The molecular formula is C17H21ClF2N4. The van der Waals surface area contributed by atoms with Gasteiger partial charge in [0.2, 0.25) is 0 Å². The van der Waals surface area contributed by atoms with Gasteiger partial charge in [-0.25, -0.2) is 13.5 Å². The average molecular weight is 355 g/mol. The molecule has 1 aliphatic heterocycles. The Bertz CT molecular complexity index is 696. The maximum absolute atomic E-state index is 13.9. The number of aromatic nitrogens is 2. The highest BCUT2D eigenvalue weighted by Gasteiger charge is 2.35. The summed E-state index contributed by atoms with van der Waals surface area (Å²) in [5, 5.41) is 7.90. The molecule has 0 spiro atoms. The van der Waals surface area contributed by atoms with Crippen LogP contribution in [0.25, 0.3) is 5.69 Å². The maximum atomic E-state index is 13.9. The minimum Gasteiger partial charge on any atom is -0.315 e. The summed E-state index contributed by atoms with van der Waals surface area (Å²) < 4.78 is 28.4. The molecule has 24 heavy (non-hydrogen) atoms. The number of nitrogens with one attached hydrogen (secondary N) is 1. The Morgan fingerprint density at radius 3 is 2.67 bits per heavy atom. The van der Waals surface area contributed by atoms with Crippen molar-refractivity contribution in [3.63, 3.8) is 0 Å². The molecule has 2 fully saturated rings. The molecular weight excluding hydrogens is 334 g/mol. The van der Waals surface area contributed by atoms with Crippen LogP contribution in [0.3, 0.4) is 0 Å². The maximum Gasteiger partial charge on any atom is 0.151 e. The topological polar surface area (TPSA) is 33.1 Å². The summed E-state index contributed by atoms with van der Waals surface area (Å²) in [5.74, 6) is -1.18. The van der Waals surface area contributed by atoms with Gasteiger partial charge in [0.15, 0.2) is 5.82 Å². The van der Waals surface area contributed by atoms with Crippen molar-refractivity contribution in [3.8, 4) is 5.69 Å². The predicted octanol–water partition coefficient (Wildman–Crippen LogP) is 2.90. The molecule has 1 unspecified atom stereocenters. The van der Waals surface area contributed by atoms with Gasteiger partial charge in [0.1, 0.15) is 11.5 Å². The van der Waals surface area contributed by atoms with Crippen molar-refractivity contribution in [2.45, 2.75) is 37.9 Å². The molecule has 1 saturated carbocycles. The van der Waals surface area contributed by atoms with Gasteiger partial charge in [0.05, 0.1) is 5.69 Å². The molecule has 1 saturated heterocycles. The Morgan fingerprint density at radius 1 is 1.17 bits per heavy atom. The van der Waals surface area contributed by atoms with E-state index >= 15 is 0 Å². The van der Waals surface area contributed by atoms with Crippen molar-refractivity contribution < 1.29 is 8.78 Å². The molecule has 1 aromatic carbocycles. The summed E-state index contributed by atoms with van der Waals surface area (Å²) in [6, 6.07) is 6.70. The van der Waals surface area contributed by atoms with E-state index in [-0.39, 0.29) is 18.1 Å². The molecule has 7 heteroatoms. The van der Waals surface area contributed by atoms with Gasteiger partial charge < -0.3 is 5.32 Å². The van der Waals surface area contributed by atoms with Gasteiger partial charge in [-0.15, -0.1) is 12.4 Å². The molecule has 2 aliphatic rings. The van der Waals surface area contributed by atoms with E-state index < -0.39 is 11.6 Å². The third-order valence-corrected chi connectivity index (χ3v) is 4.66. The molecule has 1 aromatic heterocycles. The molecule has 1 aliphatic carbocycles. The lowest BCUT2D eigenvalue weighted by Gasteiger charge is -2.27. The van der Waals surface area contributed by atoms with Crippen LogP contribution in [0.1, 0.15) is 25.0 Å². The van der Waals surface area contributed by atoms with Crippen molar-refractivity contribution in [1.82, 2.24) is 20.0 Å². The monoisotopic (exact) mass is 354 g/mol. The number of halogens is 3. The zero-order valence-corrected chi connectivity index (χ0v) is 14.1. The average Bonchev–Trinajstić information content (AvgIpc) is 3.03. The van der Waals surface area contributed by atoms with E-state index in [4.69, 9.17) is 0 Å². The standard InChI is InChI=1S/C17H20F2N4.ClH/c18-12-1-4-17(16(19)9-12)23-8-6-13(21-23)11-22(14-2-3-14)15-5-7-20-10-15;/h1,4,6,8-9,14-15,20H,2-3,5,7,10-11H2;1H.